The van der Waals surface area contributed by atoms with Crippen LogP contribution in [0.4, 0.5) is 0 Å². The molecule has 2 atom stereocenters. The van der Waals surface area contributed by atoms with E-state index in [9.17, 15) is 4.21 Å². The van der Waals surface area contributed by atoms with E-state index in [1.54, 1.807) is 7.11 Å². The lowest BCUT2D eigenvalue weighted by molar-refractivity contribution is 0.0231. The molecule has 1 saturated carbocycles. The highest BCUT2D eigenvalue weighted by Gasteiger charge is 2.39. The van der Waals surface area contributed by atoms with Crippen molar-refractivity contribution in [1.82, 2.24) is 10.2 Å². The normalized spacial score (nSPS) is 28.3. The number of benzene rings is 1. The fourth-order valence-electron chi connectivity index (χ4n) is 3.43. The Bertz CT molecular complexity index is 789. The summed E-state index contributed by atoms with van der Waals surface area (Å²) in [6.45, 7) is 1.88. The molecule has 1 fully saturated rings. The lowest BCUT2D eigenvalue weighted by Crippen LogP contribution is -2.42. The standard InChI is InChI=1S/C18H23N3O4S/c1-18(17-19-11-26(22)21-17)10-14(20-25-18)12-7-8-15(23-2)16(9-12)24-13-5-3-4-6-13/h7-10,13,20H,3-6,11H2,1-2H3,(H,19,21). The van der Waals surface area contributed by atoms with E-state index in [4.69, 9.17) is 14.3 Å². The van der Waals surface area contributed by atoms with Gasteiger partial charge in [0.1, 0.15) is 22.7 Å². The zero-order chi connectivity index (χ0) is 18.1. The number of aliphatic imine (C=N–C) groups is 1. The maximum Gasteiger partial charge on any atom is 0.171 e. The minimum absolute atomic E-state index is 0.248. The minimum Gasteiger partial charge on any atom is -0.493 e. The first-order valence-corrected chi connectivity index (χ1v) is 10.1. The number of hydrogen-bond acceptors (Lipinski definition) is 6. The van der Waals surface area contributed by atoms with E-state index in [1.165, 1.54) is 12.8 Å². The van der Waals surface area contributed by atoms with Gasteiger partial charge in [0.15, 0.2) is 17.1 Å². The predicted octanol–water partition coefficient (Wildman–Crippen LogP) is 2.27. The van der Waals surface area contributed by atoms with E-state index in [2.05, 4.69) is 15.2 Å². The number of rotatable bonds is 5. The molecule has 2 heterocycles. The average Bonchev–Trinajstić information content (AvgIpc) is 3.37. The Labute approximate surface area is 155 Å². The Morgan fingerprint density at radius 1 is 1.31 bits per heavy atom. The molecule has 1 aromatic rings. The van der Waals surface area contributed by atoms with Crippen LogP contribution >= 0.6 is 0 Å². The average molecular weight is 377 g/mol. The summed E-state index contributed by atoms with van der Waals surface area (Å²) >= 11 is 0. The lowest BCUT2D eigenvalue weighted by atomic mass is 10.0. The molecule has 3 aliphatic rings. The molecule has 2 aliphatic heterocycles. The summed E-state index contributed by atoms with van der Waals surface area (Å²) in [6, 6.07) is 5.82. The van der Waals surface area contributed by atoms with Gasteiger partial charge in [-0.1, -0.05) is 0 Å². The van der Waals surface area contributed by atoms with Crippen LogP contribution in [-0.4, -0.2) is 34.7 Å². The number of amidine groups is 1. The monoisotopic (exact) mass is 377 g/mol. The van der Waals surface area contributed by atoms with E-state index in [0.717, 1.165) is 35.6 Å². The molecule has 2 unspecified atom stereocenters. The Morgan fingerprint density at radius 3 is 2.81 bits per heavy atom. The highest BCUT2D eigenvalue weighted by Crippen LogP contribution is 2.35. The third-order valence-corrected chi connectivity index (χ3v) is 5.67. The molecule has 4 rings (SSSR count). The van der Waals surface area contributed by atoms with Crippen molar-refractivity contribution >= 4 is 22.5 Å². The van der Waals surface area contributed by atoms with Gasteiger partial charge >= 0.3 is 0 Å². The van der Waals surface area contributed by atoms with Gasteiger partial charge in [-0.15, -0.1) is 0 Å². The van der Waals surface area contributed by atoms with Crippen LogP contribution in [0.3, 0.4) is 0 Å². The molecule has 7 nitrogen and oxygen atoms in total. The van der Waals surface area contributed by atoms with Gasteiger partial charge in [0.25, 0.3) is 0 Å². The van der Waals surface area contributed by atoms with Gasteiger partial charge in [-0.2, -0.15) is 0 Å². The molecular formula is C18H23N3O4S. The number of ether oxygens (including phenoxy) is 2. The smallest absolute Gasteiger partial charge is 0.171 e. The van der Waals surface area contributed by atoms with Crippen molar-refractivity contribution in [2.45, 2.75) is 44.3 Å². The molecule has 2 N–H and O–H groups in total. The van der Waals surface area contributed by atoms with E-state index in [-0.39, 0.29) is 12.0 Å². The zero-order valence-electron chi connectivity index (χ0n) is 14.9. The van der Waals surface area contributed by atoms with Crippen molar-refractivity contribution in [3.05, 3.63) is 29.8 Å². The second-order valence-corrected chi connectivity index (χ2v) is 8.00. The van der Waals surface area contributed by atoms with Gasteiger partial charge in [0.2, 0.25) is 0 Å². The first kappa shape index (κ1) is 17.4. The second kappa shape index (κ2) is 6.92. The second-order valence-electron chi connectivity index (χ2n) is 6.84. The number of hydroxylamine groups is 1. The molecule has 0 bridgehead atoms. The molecular weight excluding hydrogens is 354 g/mol. The summed E-state index contributed by atoms with van der Waals surface area (Å²) < 4.78 is 26.0. The third kappa shape index (κ3) is 3.31. The molecule has 26 heavy (non-hydrogen) atoms. The number of nitrogens with one attached hydrogen (secondary N) is 2. The van der Waals surface area contributed by atoms with Gasteiger partial charge in [0.05, 0.1) is 18.9 Å². The summed E-state index contributed by atoms with van der Waals surface area (Å²) in [5, 5.41) is 0. The highest BCUT2D eigenvalue weighted by atomic mass is 32.2. The fraction of sp³-hybridized carbons (Fsp3) is 0.500. The third-order valence-electron chi connectivity index (χ3n) is 4.88. The van der Waals surface area contributed by atoms with Crippen molar-refractivity contribution in [2.75, 3.05) is 13.0 Å². The SMILES string of the molecule is COc1ccc(C2=CC(C)(C3=NCS(=O)N3)ON2)cc1OC1CCCC1. The molecule has 1 aromatic carbocycles. The molecule has 0 spiro atoms. The fourth-order valence-corrected chi connectivity index (χ4v) is 4.22. The first-order chi connectivity index (χ1) is 12.6. The molecule has 0 amide bonds. The molecule has 1 aliphatic carbocycles. The van der Waals surface area contributed by atoms with Crippen molar-refractivity contribution in [3.63, 3.8) is 0 Å². The Balaban J connectivity index is 1.59. The Kier molecular flexibility index (Phi) is 4.62. The van der Waals surface area contributed by atoms with Crippen LogP contribution in [0.5, 0.6) is 11.5 Å². The highest BCUT2D eigenvalue weighted by molar-refractivity contribution is 7.84. The minimum atomic E-state index is -1.17. The maximum absolute atomic E-state index is 11.5. The molecule has 140 valence electrons. The van der Waals surface area contributed by atoms with Gasteiger partial charge in [-0.3, -0.25) is 20.0 Å². The molecule has 8 heteroatoms. The quantitative estimate of drug-likeness (QED) is 0.823. The molecule has 0 aromatic heterocycles. The van der Waals surface area contributed by atoms with Crippen LogP contribution in [0.15, 0.2) is 29.3 Å². The lowest BCUT2D eigenvalue weighted by Gasteiger charge is -2.19. The van der Waals surface area contributed by atoms with Gasteiger partial charge < -0.3 is 9.47 Å². The summed E-state index contributed by atoms with van der Waals surface area (Å²) in [7, 11) is 0.478. The Hall–Kier alpha value is -2.06. The van der Waals surface area contributed by atoms with Crippen LogP contribution < -0.4 is 19.7 Å². The van der Waals surface area contributed by atoms with Crippen molar-refractivity contribution in [3.8, 4) is 11.5 Å². The van der Waals surface area contributed by atoms with Crippen LogP contribution in [0, 0.1) is 0 Å². The maximum atomic E-state index is 11.5. The van der Waals surface area contributed by atoms with Crippen molar-refractivity contribution in [1.29, 1.82) is 0 Å². The Morgan fingerprint density at radius 2 is 2.12 bits per heavy atom. The van der Waals surface area contributed by atoms with Crippen molar-refractivity contribution in [2.24, 2.45) is 4.99 Å². The zero-order valence-corrected chi connectivity index (χ0v) is 15.7. The summed E-state index contributed by atoms with van der Waals surface area (Å²) in [5.41, 5.74) is 3.92. The van der Waals surface area contributed by atoms with E-state index >= 15 is 0 Å². The summed E-state index contributed by atoms with van der Waals surface area (Å²) in [6.07, 6.45) is 6.77. The number of methoxy groups -OCH3 is 1. The van der Waals surface area contributed by atoms with Crippen LogP contribution in [0.1, 0.15) is 38.2 Å². The predicted molar refractivity (Wildman–Crippen MR) is 100 cm³/mol. The van der Waals surface area contributed by atoms with Gasteiger partial charge in [-0.05, 0) is 56.9 Å². The van der Waals surface area contributed by atoms with Crippen LogP contribution in [0.25, 0.3) is 5.70 Å². The summed E-state index contributed by atoms with van der Waals surface area (Å²) in [5.74, 6) is 2.28. The van der Waals surface area contributed by atoms with E-state index < -0.39 is 16.6 Å². The van der Waals surface area contributed by atoms with Crippen LogP contribution in [0.2, 0.25) is 0 Å². The van der Waals surface area contributed by atoms with E-state index in [0.29, 0.717) is 5.84 Å². The van der Waals surface area contributed by atoms with Crippen molar-refractivity contribution < 1.29 is 18.5 Å². The van der Waals surface area contributed by atoms with E-state index in [1.807, 2.05) is 31.2 Å². The van der Waals surface area contributed by atoms with Crippen LogP contribution in [-0.2, 0) is 15.8 Å². The molecule has 0 radical (unpaired) electrons. The largest absolute Gasteiger partial charge is 0.493 e. The molecule has 0 saturated heterocycles. The topological polar surface area (TPSA) is 81.2 Å². The van der Waals surface area contributed by atoms with Gasteiger partial charge in [-0.25, -0.2) is 4.21 Å². The first-order valence-electron chi connectivity index (χ1n) is 8.79. The van der Waals surface area contributed by atoms with Gasteiger partial charge in [0, 0.05) is 5.56 Å². The number of hydrogen-bond donors (Lipinski definition) is 2. The number of nitrogens with zero attached hydrogens (tertiary/aromatic N) is 1. The summed E-state index contributed by atoms with van der Waals surface area (Å²) in [4.78, 5) is 9.99.